The molecule has 2 nitrogen and oxygen atoms in total. The molecule has 10 heteroatoms. The van der Waals surface area contributed by atoms with Crippen molar-refractivity contribution in [3.05, 3.63) is 23.5 Å². The van der Waals surface area contributed by atoms with E-state index in [9.17, 15) is 23.8 Å². The minimum absolute atomic E-state index is 0.0848. The van der Waals surface area contributed by atoms with Crippen LogP contribution in [0.5, 0.6) is 0 Å². The highest BCUT2D eigenvalue weighted by molar-refractivity contribution is 8.45. The Morgan fingerprint density at radius 1 is 1.21 bits per heavy atom. The normalized spacial score (nSPS) is 15.6. The standard InChI is InChI=1S/C9H4F6N2S2/c10-8-3-6(17-1-2-18)4-9(7(8)5-16)19(11,12,13,14)15/h1-4H. The molecule has 1 aromatic rings. The molecule has 0 atom stereocenters. The van der Waals surface area contributed by atoms with E-state index in [1.54, 1.807) is 0 Å². The van der Waals surface area contributed by atoms with Gasteiger partial charge >= 0.3 is 10.2 Å². The Kier molecular flexibility index (Phi) is 3.21. The Morgan fingerprint density at radius 2 is 1.79 bits per heavy atom. The van der Waals surface area contributed by atoms with E-state index in [-0.39, 0.29) is 6.07 Å². The summed E-state index contributed by atoms with van der Waals surface area (Å²) in [7, 11) is -10.2. The van der Waals surface area contributed by atoms with E-state index >= 15 is 0 Å². The lowest BCUT2D eigenvalue weighted by Crippen LogP contribution is -2.09. The highest BCUT2D eigenvalue weighted by atomic mass is 32.5. The third kappa shape index (κ3) is 3.68. The fraction of sp³-hybridized carbons (Fsp3) is 0. The zero-order valence-electron chi connectivity index (χ0n) is 8.79. The van der Waals surface area contributed by atoms with Gasteiger partial charge in [-0.15, -0.1) is 0 Å². The Hall–Kier alpha value is -1.60. The molecule has 0 radical (unpaired) electrons. The average molecular weight is 318 g/mol. The minimum Gasteiger partial charge on any atom is -0.256 e. The maximum absolute atomic E-state index is 13.3. The summed E-state index contributed by atoms with van der Waals surface area (Å²) in [6.07, 6.45) is 0.825. The van der Waals surface area contributed by atoms with Crippen molar-refractivity contribution in [1.82, 2.24) is 0 Å². The summed E-state index contributed by atoms with van der Waals surface area (Å²) in [5.74, 6) is -1.73. The smallest absolute Gasteiger partial charge is 0.256 e. The molecule has 0 aliphatic heterocycles. The molecule has 0 N–H and O–H groups in total. The molecule has 1 aromatic carbocycles. The van der Waals surface area contributed by atoms with Gasteiger partial charge in [0.25, 0.3) is 0 Å². The number of nitriles is 1. The van der Waals surface area contributed by atoms with E-state index < -0.39 is 32.2 Å². The van der Waals surface area contributed by atoms with Gasteiger partial charge in [-0.05, 0) is 6.07 Å². The molecule has 0 heterocycles. The first kappa shape index (κ1) is 15.5. The van der Waals surface area contributed by atoms with Crippen molar-refractivity contribution in [2.24, 2.45) is 4.99 Å². The Bertz CT molecular complexity index is 614. The first-order chi connectivity index (χ1) is 8.38. The molecular formula is C9H4F6N2S2. The van der Waals surface area contributed by atoms with Gasteiger partial charge in [-0.3, -0.25) is 4.99 Å². The van der Waals surface area contributed by atoms with Gasteiger partial charge in [0.1, 0.15) is 22.3 Å². The van der Waals surface area contributed by atoms with Gasteiger partial charge in [-0.2, -0.15) is 5.26 Å². The summed E-state index contributed by atoms with van der Waals surface area (Å²) >= 11 is 4.30. The largest absolute Gasteiger partial charge is 0.311 e. The number of nitrogens with zero attached hydrogens (tertiary/aromatic N) is 2. The summed E-state index contributed by atoms with van der Waals surface area (Å²) in [6.45, 7) is 0. The van der Waals surface area contributed by atoms with Crippen molar-refractivity contribution in [1.29, 1.82) is 5.26 Å². The van der Waals surface area contributed by atoms with Crippen molar-refractivity contribution in [3.63, 3.8) is 0 Å². The Morgan fingerprint density at radius 3 is 2.21 bits per heavy atom. The third-order valence-corrected chi connectivity index (χ3v) is 3.13. The predicted molar refractivity (Wildman–Crippen MR) is 64.3 cm³/mol. The molecule has 19 heavy (non-hydrogen) atoms. The first-order valence-electron chi connectivity index (χ1n) is 4.34. The lowest BCUT2D eigenvalue weighted by atomic mass is 10.2. The maximum atomic E-state index is 13.3. The zero-order chi connectivity index (χ0) is 15.0. The third-order valence-electron chi connectivity index (χ3n) is 1.85. The van der Waals surface area contributed by atoms with Gasteiger partial charge in [-0.1, -0.05) is 31.6 Å². The minimum atomic E-state index is -10.2. The first-order valence-corrected chi connectivity index (χ1v) is 6.77. The zero-order valence-corrected chi connectivity index (χ0v) is 10.4. The van der Waals surface area contributed by atoms with Crippen LogP contribution in [0.1, 0.15) is 5.56 Å². The lowest BCUT2D eigenvalue weighted by molar-refractivity contribution is 0.362. The molecule has 1 rings (SSSR count). The highest BCUT2D eigenvalue weighted by Gasteiger charge is 2.67. The van der Waals surface area contributed by atoms with Crippen LogP contribution in [0.3, 0.4) is 0 Å². The molecule has 0 aliphatic carbocycles. The van der Waals surface area contributed by atoms with Crippen molar-refractivity contribution < 1.29 is 23.8 Å². The molecule has 0 aromatic heterocycles. The Balaban J connectivity index is 3.74. The van der Waals surface area contributed by atoms with Crippen molar-refractivity contribution >= 4 is 39.7 Å². The van der Waals surface area contributed by atoms with Crippen LogP contribution in [0.15, 0.2) is 22.0 Å². The van der Waals surface area contributed by atoms with Crippen LogP contribution in [0.2, 0.25) is 0 Å². The number of hydrogen-bond acceptors (Lipinski definition) is 3. The van der Waals surface area contributed by atoms with Gasteiger partial charge in [0, 0.05) is 17.6 Å². The fourth-order valence-electron chi connectivity index (χ4n) is 1.17. The molecule has 0 amide bonds. The predicted octanol–water partition coefficient (Wildman–Crippen LogP) is 5.06. The SMILES string of the molecule is N#Cc1c(F)cc(N=CC=S)cc1S(F)(F)(F)(F)F. The van der Waals surface area contributed by atoms with Gasteiger partial charge in [0.2, 0.25) is 0 Å². The molecule has 0 aliphatic rings. The van der Waals surface area contributed by atoms with Gasteiger partial charge in [0.15, 0.2) is 0 Å². The van der Waals surface area contributed by atoms with Crippen LogP contribution in [-0.2, 0) is 0 Å². The van der Waals surface area contributed by atoms with Crippen LogP contribution in [-0.4, -0.2) is 11.6 Å². The molecule has 0 spiro atoms. The van der Waals surface area contributed by atoms with Gasteiger partial charge in [0.05, 0.1) is 5.69 Å². The fourth-order valence-corrected chi connectivity index (χ4v) is 2.10. The van der Waals surface area contributed by atoms with Crippen molar-refractivity contribution in [3.8, 4) is 6.07 Å². The molecule has 0 fully saturated rings. The van der Waals surface area contributed by atoms with Crippen LogP contribution in [0.4, 0.5) is 29.5 Å². The average Bonchev–Trinajstić information content (AvgIpc) is 2.22. The summed E-state index contributed by atoms with van der Waals surface area (Å²) in [6, 6.07) is 1.13. The van der Waals surface area contributed by atoms with Crippen molar-refractivity contribution in [2.45, 2.75) is 4.90 Å². The number of thiocarbonyl (C=S) groups is 1. The van der Waals surface area contributed by atoms with E-state index in [1.165, 1.54) is 0 Å². The molecule has 104 valence electrons. The topological polar surface area (TPSA) is 36.1 Å². The molecular weight excluding hydrogens is 314 g/mol. The molecule has 0 saturated carbocycles. The molecule has 0 unspecified atom stereocenters. The van der Waals surface area contributed by atoms with Gasteiger partial charge < -0.3 is 0 Å². The Labute approximate surface area is 109 Å². The number of rotatable bonds is 3. The van der Waals surface area contributed by atoms with Crippen LogP contribution >= 0.6 is 22.4 Å². The number of hydrogen-bond donors (Lipinski definition) is 0. The lowest BCUT2D eigenvalue weighted by Gasteiger charge is -2.41. The van der Waals surface area contributed by atoms with Gasteiger partial charge in [-0.25, -0.2) is 4.39 Å². The molecule has 0 saturated heterocycles. The summed E-state index contributed by atoms with van der Waals surface area (Å²) < 4.78 is 76.7. The summed E-state index contributed by atoms with van der Waals surface area (Å²) in [4.78, 5) is 0.651. The second-order valence-electron chi connectivity index (χ2n) is 3.30. The number of halogens is 6. The second kappa shape index (κ2) is 3.94. The van der Waals surface area contributed by atoms with Crippen molar-refractivity contribution in [2.75, 3.05) is 0 Å². The van der Waals surface area contributed by atoms with E-state index in [2.05, 4.69) is 17.2 Å². The second-order valence-corrected chi connectivity index (χ2v) is 5.95. The summed E-state index contributed by atoms with van der Waals surface area (Å²) in [5, 5.41) is 9.29. The van der Waals surface area contributed by atoms with Crippen LogP contribution in [0, 0.1) is 17.1 Å². The number of aliphatic imine (C=N–C) groups is 1. The van der Waals surface area contributed by atoms with E-state index in [0.29, 0.717) is 6.07 Å². The van der Waals surface area contributed by atoms with Crippen LogP contribution in [0.25, 0.3) is 0 Å². The number of benzene rings is 1. The van der Waals surface area contributed by atoms with E-state index in [0.717, 1.165) is 17.7 Å². The van der Waals surface area contributed by atoms with E-state index in [1.807, 2.05) is 0 Å². The molecule has 0 bridgehead atoms. The summed E-state index contributed by atoms with van der Waals surface area (Å²) in [5.41, 5.74) is -2.48. The maximum Gasteiger partial charge on any atom is 0.311 e. The van der Waals surface area contributed by atoms with E-state index in [4.69, 9.17) is 5.26 Å². The highest BCUT2D eigenvalue weighted by Crippen LogP contribution is 3.02. The van der Waals surface area contributed by atoms with Crippen LogP contribution < -0.4 is 0 Å². The monoisotopic (exact) mass is 318 g/mol. The quantitative estimate of drug-likeness (QED) is 0.444.